The lowest BCUT2D eigenvalue weighted by atomic mass is 9.73. The van der Waals surface area contributed by atoms with Crippen LogP contribution in [0.1, 0.15) is 42.7 Å². The summed E-state index contributed by atoms with van der Waals surface area (Å²) in [5.41, 5.74) is 9.17. The van der Waals surface area contributed by atoms with E-state index in [1.807, 2.05) is 6.20 Å². The Morgan fingerprint density at radius 1 is 1.26 bits per heavy atom. The van der Waals surface area contributed by atoms with Gasteiger partial charge in [-0.3, -0.25) is 20.1 Å². The molecule has 0 aromatic carbocycles. The molecule has 34 heavy (non-hydrogen) atoms. The molecule has 8 nitrogen and oxygen atoms in total. The summed E-state index contributed by atoms with van der Waals surface area (Å²) >= 11 is 0. The highest BCUT2D eigenvalue weighted by molar-refractivity contribution is 5.95. The number of rotatable bonds is 6. The molecule has 3 aliphatic rings. The van der Waals surface area contributed by atoms with Gasteiger partial charge in [0.2, 0.25) is 11.8 Å². The average molecular weight is 473 g/mol. The number of hydrogen-bond acceptors (Lipinski definition) is 7. The Labute approximate surface area is 197 Å². The fourth-order valence-electron chi connectivity index (χ4n) is 5.43. The number of likely N-dealkylation sites (tertiary alicyclic amines) is 1. The van der Waals surface area contributed by atoms with Gasteiger partial charge in [0.15, 0.2) is 0 Å². The molecule has 0 spiro atoms. The number of alkyl halides is 2. The molecule has 5 rings (SSSR count). The van der Waals surface area contributed by atoms with Crippen molar-refractivity contribution in [3.05, 3.63) is 47.9 Å². The van der Waals surface area contributed by atoms with Crippen LogP contribution in [0, 0.1) is 5.92 Å². The first-order valence-corrected chi connectivity index (χ1v) is 11.8. The normalized spacial score (nSPS) is 28.4. The maximum absolute atomic E-state index is 13.6. The number of pyridine rings is 2. The second kappa shape index (κ2) is 9.52. The molecule has 1 aliphatic carbocycles. The van der Waals surface area contributed by atoms with Crippen molar-refractivity contribution in [2.75, 3.05) is 25.5 Å². The molecule has 4 unspecified atom stereocenters. The minimum absolute atomic E-state index is 0.0815. The van der Waals surface area contributed by atoms with Gasteiger partial charge in [-0.05, 0) is 42.4 Å². The molecule has 0 radical (unpaired) electrons. The lowest BCUT2D eigenvalue weighted by molar-refractivity contribution is -0.119. The summed E-state index contributed by atoms with van der Waals surface area (Å²) in [5.74, 6) is -1.81. The van der Waals surface area contributed by atoms with Crippen LogP contribution in [0.2, 0.25) is 0 Å². The standard InChI is InChI=1S/C24H30F2N6O2/c1-34-21-5-3-18(12-28-21)29-23(33)22-19-9-16(2-4-20(19)30-31-22)17-8-15(10-27-11-17)13-32-7-6-24(25,26)14-32/h3,5,8,10-12,16,19-20,22,30-31H,2,4,6-7,9,13-14H2,1H3,(H,29,33). The largest absolute Gasteiger partial charge is 0.481 e. The number of halogens is 2. The monoisotopic (exact) mass is 472 g/mol. The summed E-state index contributed by atoms with van der Waals surface area (Å²) in [7, 11) is 1.55. The SMILES string of the molecule is COc1ccc(NC(=O)C2NNC3CCC(c4cncc(CN5CCC(F)(F)C5)c4)CC32)cn1. The number of aromatic nitrogens is 2. The molecule has 2 aliphatic heterocycles. The van der Waals surface area contributed by atoms with Crippen molar-refractivity contribution < 1.29 is 18.3 Å². The van der Waals surface area contributed by atoms with Gasteiger partial charge < -0.3 is 10.1 Å². The van der Waals surface area contributed by atoms with Crippen molar-refractivity contribution in [2.45, 2.75) is 56.2 Å². The van der Waals surface area contributed by atoms with Gasteiger partial charge in [-0.1, -0.05) is 6.07 Å². The van der Waals surface area contributed by atoms with Gasteiger partial charge in [0.1, 0.15) is 6.04 Å². The number of nitrogens with one attached hydrogen (secondary N) is 3. The number of fused-ring (bicyclic) bond motifs is 1. The Morgan fingerprint density at radius 3 is 2.88 bits per heavy atom. The van der Waals surface area contributed by atoms with E-state index in [4.69, 9.17) is 4.74 Å². The number of carbonyl (C=O) groups is 1. The topological polar surface area (TPSA) is 91.4 Å². The molecule has 4 heterocycles. The van der Waals surface area contributed by atoms with E-state index in [1.165, 1.54) is 0 Å². The van der Waals surface area contributed by atoms with E-state index in [0.717, 1.165) is 30.4 Å². The van der Waals surface area contributed by atoms with Crippen molar-refractivity contribution in [3.63, 3.8) is 0 Å². The van der Waals surface area contributed by atoms with E-state index in [0.29, 0.717) is 24.7 Å². The van der Waals surface area contributed by atoms with Crippen LogP contribution in [-0.2, 0) is 11.3 Å². The molecular formula is C24H30F2N6O2. The van der Waals surface area contributed by atoms with Crippen LogP contribution >= 0.6 is 0 Å². The van der Waals surface area contributed by atoms with Crippen LogP contribution in [0.25, 0.3) is 0 Å². The molecule has 4 atom stereocenters. The Hall–Kier alpha value is -2.69. The fourth-order valence-corrected chi connectivity index (χ4v) is 5.43. The maximum atomic E-state index is 13.6. The minimum atomic E-state index is -2.59. The number of anilines is 1. The summed E-state index contributed by atoms with van der Waals surface area (Å²) in [4.78, 5) is 23.3. The van der Waals surface area contributed by atoms with E-state index >= 15 is 0 Å². The summed E-state index contributed by atoms with van der Waals surface area (Å²) in [6.07, 6.45) is 7.91. The van der Waals surface area contributed by atoms with E-state index < -0.39 is 5.92 Å². The van der Waals surface area contributed by atoms with Crippen molar-refractivity contribution in [2.24, 2.45) is 5.92 Å². The van der Waals surface area contributed by atoms with Crippen LogP contribution in [-0.4, -0.2) is 59.0 Å². The first-order valence-electron chi connectivity index (χ1n) is 11.8. The molecule has 0 bridgehead atoms. The molecule has 2 aromatic rings. The minimum Gasteiger partial charge on any atom is -0.481 e. The zero-order valence-corrected chi connectivity index (χ0v) is 19.1. The molecular weight excluding hydrogens is 442 g/mol. The first-order chi connectivity index (χ1) is 16.4. The van der Waals surface area contributed by atoms with Crippen LogP contribution < -0.4 is 20.9 Å². The Morgan fingerprint density at radius 2 is 2.15 bits per heavy atom. The van der Waals surface area contributed by atoms with Crippen molar-refractivity contribution in [3.8, 4) is 5.88 Å². The highest BCUT2D eigenvalue weighted by Gasteiger charge is 2.44. The van der Waals surface area contributed by atoms with Crippen LogP contribution in [0.3, 0.4) is 0 Å². The number of ether oxygens (including phenoxy) is 1. The van der Waals surface area contributed by atoms with E-state index in [2.05, 4.69) is 32.2 Å². The van der Waals surface area contributed by atoms with Gasteiger partial charge in [0.25, 0.3) is 5.92 Å². The number of carbonyl (C=O) groups excluding carboxylic acids is 1. The fraction of sp³-hybridized carbons (Fsp3) is 0.542. The van der Waals surface area contributed by atoms with Crippen molar-refractivity contribution in [1.29, 1.82) is 0 Å². The molecule has 3 fully saturated rings. The smallest absolute Gasteiger partial charge is 0.261 e. The van der Waals surface area contributed by atoms with Gasteiger partial charge >= 0.3 is 0 Å². The molecule has 1 saturated carbocycles. The summed E-state index contributed by atoms with van der Waals surface area (Å²) < 4.78 is 32.2. The van der Waals surface area contributed by atoms with Crippen molar-refractivity contribution in [1.82, 2.24) is 25.7 Å². The maximum Gasteiger partial charge on any atom is 0.261 e. The molecule has 1 amide bonds. The highest BCUT2D eigenvalue weighted by Crippen LogP contribution is 2.40. The second-order valence-corrected chi connectivity index (χ2v) is 9.57. The van der Waals surface area contributed by atoms with Gasteiger partial charge in [-0.15, -0.1) is 0 Å². The number of amides is 1. The zero-order valence-electron chi connectivity index (χ0n) is 19.1. The summed E-state index contributed by atoms with van der Waals surface area (Å²) in [5, 5.41) is 2.94. The molecule has 10 heteroatoms. The molecule has 2 aromatic heterocycles. The van der Waals surface area contributed by atoms with Gasteiger partial charge in [0.05, 0.1) is 25.5 Å². The Kier molecular flexibility index (Phi) is 6.46. The number of methoxy groups -OCH3 is 1. The van der Waals surface area contributed by atoms with E-state index in [1.54, 1.807) is 36.5 Å². The molecule has 2 saturated heterocycles. The summed E-state index contributed by atoms with van der Waals surface area (Å²) in [6, 6.07) is 5.43. The third-order valence-electron chi connectivity index (χ3n) is 7.19. The predicted octanol–water partition coefficient (Wildman–Crippen LogP) is 2.69. The first kappa shape index (κ1) is 23.1. The van der Waals surface area contributed by atoms with Gasteiger partial charge in [-0.2, -0.15) is 0 Å². The third-order valence-corrected chi connectivity index (χ3v) is 7.19. The highest BCUT2D eigenvalue weighted by atomic mass is 19.3. The van der Waals surface area contributed by atoms with Crippen LogP contribution in [0.15, 0.2) is 36.8 Å². The average Bonchev–Trinajstić information content (AvgIpc) is 3.41. The van der Waals surface area contributed by atoms with Crippen LogP contribution in [0.5, 0.6) is 5.88 Å². The van der Waals surface area contributed by atoms with Gasteiger partial charge in [-0.25, -0.2) is 19.2 Å². The lowest BCUT2D eigenvalue weighted by Gasteiger charge is -2.33. The third kappa shape index (κ3) is 5.03. The number of hydrazine groups is 1. The zero-order chi connectivity index (χ0) is 23.7. The lowest BCUT2D eigenvalue weighted by Crippen LogP contribution is -2.42. The number of nitrogens with zero attached hydrogens (tertiary/aromatic N) is 3. The van der Waals surface area contributed by atoms with Crippen molar-refractivity contribution >= 4 is 11.6 Å². The number of hydrogen-bond donors (Lipinski definition) is 3. The molecule has 3 N–H and O–H groups in total. The molecule has 182 valence electrons. The Balaban J connectivity index is 1.23. The predicted molar refractivity (Wildman–Crippen MR) is 122 cm³/mol. The van der Waals surface area contributed by atoms with E-state index in [9.17, 15) is 13.6 Å². The second-order valence-electron chi connectivity index (χ2n) is 9.57. The summed E-state index contributed by atoms with van der Waals surface area (Å²) in [6.45, 7) is 0.698. The van der Waals surface area contributed by atoms with Crippen LogP contribution in [0.4, 0.5) is 14.5 Å². The van der Waals surface area contributed by atoms with Gasteiger partial charge in [0, 0.05) is 49.9 Å². The van der Waals surface area contributed by atoms with E-state index in [-0.39, 0.29) is 42.8 Å². The Bertz CT molecular complexity index is 1020. The quantitative estimate of drug-likeness (QED) is 0.596.